The van der Waals surface area contributed by atoms with E-state index in [2.05, 4.69) is 17.0 Å². The van der Waals surface area contributed by atoms with Crippen LogP contribution in [-0.2, 0) is 11.2 Å². The molecule has 4 heteroatoms. The lowest BCUT2D eigenvalue weighted by molar-refractivity contribution is 0.0480. The van der Waals surface area contributed by atoms with Gasteiger partial charge in [0.1, 0.15) is 11.4 Å². The summed E-state index contributed by atoms with van der Waals surface area (Å²) in [6.45, 7) is 2.39. The van der Waals surface area contributed by atoms with Crippen LogP contribution in [0.3, 0.4) is 0 Å². The number of cyclic esters (lactones) is 1. The third-order valence-corrected chi connectivity index (χ3v) is 4.37. The molecule has 0 radical (unpaired) electrons. The second kappa shape index (κ2) is 5.44. The van der Waals surface area contributed by atoms with Crippen LogP contribution in [0.4, 0.5) is 5.82 Å². The zero-order valence-corrected chi connectivity index (χ0v) is 12.4. The Hall–Kier alpha value is -2.36. The minimum absolute atomic E-state index is 0.227. The van der Waals surface area contributed by atoms with Crippen LogP contribution in [0.15, 0.2) is 36.4 Å². The van der Waals surface area contributed by atoms with Gasteiger partial charge in [0.05, 0.1) is 12.3 Å². The molecule has 1 aromatic carbocycles. The van der Waals surface area contributed by atoms with Gasteiger partial charge in [-0.15, -0.1) is 0 Å². The summed E-state index contributed by atoms with van der Waals surface area (Å²) in [6, 6.07) is 12.2. The van der Waals surface area contributed by atoms with Crippen molar-refractivity contribution >= 4 is 11.8 Å². The van der Waals surface area contributed by atoms with Crippen LogP contribution < -0.4 is 4.90 Å². The molecule has 112 valence electrons. The monoisotopic (exact) mass is 294 g/mol. The van der Waals surface area contributed by atoms with E-state index < -0.39 is 0 Å². The molecule has 22 heavy (non-hydrogen) atoms. The number of ether oxygens (including phenoxy) is 1. The molecule has 0 saturated carbocycles. The SMILES string of the molecule is O=C1OCCc2cc(-c3ccccc3)nc(N3CCCC3)c21. The van der Waals surface area contributed by atoms with E-state index in [9.17, 15) is 4.79 Å². The molecule has 0 aliphatic carbocycles. The minimum Gasteiger partial charge on any atom is -0.462 e. The fraction of sp³-hybridized carbons (Fsp3) is 0.333. The quantitative estimate of drug-likeness (QED) is 0.798. The molecular weight excluding hydrogens is 276 g/mol. The highest BCUT2D eigenvalue weighted by Gasteiger charge is 2.28. The van der Waals surface area contributed by atoms with Crippen molar-refractivity contribution in [1.29, 1.82) is 0 Å². The highest BCUT2D eigenvalue weighted by atomic mass is 16.5. The number of rotatable bonds is 2. The first-order chi connectivity index (χ1) is 10.8. The van der Waals surface area contributed by atoms with Gasteiger partial charge in [-0.05, 0) is 24.5 Å². The van der Waals surface area contributed by atoms with Gasteiger partial charge in [-0.2, -0.15) is 0 Å². The van der Waals surface area contributed by atoms with Crippen molar-refractivity contribution in [3.8, 4) is 11.3 Å². The molecule has 3 heterocycles. The highest BCUT2D eigenvalue weighted by molar-refractivity contribution is 5.98. The van der Waals surface area contributed by atoms with Gasteiger partial charge in [-0.25, -0.2) is 9.78 Å². The Bertz CT molecular complexity index is 707. The van der Waals surface area contributed by atoms with Crippen LogP contribution in [-0.4, -0.2) is 30.6 Å². The van der Waals surface area contributed by atoms with Gasteiger partial charge in [0.15, 0.2) is 0 Å². The van der Waals surface area contributed by atoms with Crippen LogP contribution in [0, 0.1) is 0 Å². The molecule has 1 aromatic heterocycles. The summed E-state index contributed by atoms with van der Waals surface area (Å²) in [5.41, 5.74) is 3.76. The predicted octanol–water partition coefficient (Wildman–Crippen LogP) is 3.06. The van der Waals surface area contributed by atoms with Gasteiger partial charge >= 0.3 is 5.97 Å². The number of benzene rings is 1. The number of fused-ring (bicyclic) bond motifs is 1. The Kier molecular flexibility index (Phi) is 3.29. The Morgan fingerprint density at radius 1 is 1.09 bits per heavy atom. The van der Waals surface area contributed by atoms with E-state index in [1.54, 1.807) is 0 Å². The molecule has 4 rings (SSSR count). The molecule has 2 aliphatic heterocycles. The lowest BCUT2D eigenvalue weighted by Crippen LogP contribution is -2.27. The number of aromatic nitrogens is 1. The van der Waals surface area contributed by atoms with Crippen molar-refractivity contribution in [2.45, 2.75) is 19.3 Å². The van der Waals surface area contributed by atoms with E-state index in [0.717, 1.165) is 55.0 Å². The minimum atomic E-state index is -0.227. The van der Waals surface area contributed by atoms with Crippen molar-refractivity contribution in [1.82, 2.24) is 4.98 Å². The molecular formula is C18H18N2O2. The molecule has 0 atom stereocenters. The molecule has 2 aromatic rings. The van der Waals surface area contributed by atoms with Crippen LogP contribution in [0.5, 0.6) is 0 Å². The fourth-order valence-corrected chi connectivity index (χ4v) is 3.24. The van der Waals surface area contributed by atoms with E-state index in [1.807, 2.05) is 24.3 Å². The zero-order chi connectivity index (χ0) is 14.9. The smallest absolute Gasteiger partial charge is 0.342 e. The number of hydrogen-bond acceptors (Lipinski definition) is 4. The summed E-state index contributed by atoms with van der Waals surface area (Å²) in [4.78, 5) is 19.3. The maximum atomic E-state index is 12.2. The maximum absolute atomic E-state index is 12.2. The van der Waals surface area contributed by atoms with Gasteiger partial charge in [0.2, 0.25) is 0 Å². The lowest BCUT2D eigenvalue weighted by atomic mass is 10.00. The fourth-order valence-electron chi connectivity index (χ4n) is 3.24. The average Bonchev–Trinajstić information content (AvgIpc) is 3.09. The maximum Gasteiger partial charge on any atom is 0.342 e. The van der Waals surface area contributed by atoms with Crippen molar-refractivity contribution in [2.75, 3.05) is 24.6 Å². The van der Waals surface area contributed by atoms with E-state index in [0.29, 0.717) is 12.2 Å². The number of nitrogens with zero attached hydrogens (tertiary/aromatic N) is 2. The zero-order valence-electron chi connectivity index (χ0n) is 12.4. The Morgan fingerprint density at radius 2 is 1.86 bits per heavy atom. The lowest BCUT2D eigenvalue weighted by Gasteiger charge is -2.25. The first kappa shape index (κ1) is 13.3. The van der Waals surface area contributed by atoms with Gasteiger partial charge < -0.3 is 9.64 Å². The summed E-state index contributed by atoms with van der Waals surface area (Å²) in [5, 5.41) is 0. The number of anilines is 1. The summed E-state index contributed by atoms with van der Waals surface area (Å²) in [7, 11) is 0. The van der Waals surface area contributed by atoms with E-state index in [4.69, 9.17) is 9.72 Å². The van der Waals surface area contributed by atoms with Crippen LogP contribution in [0.2, 0.25) is 0 Å². The topological polar surface area (TPSA) is 42.4 Å². The summed E-state index contributed by atoms with van der Waals surface area (Å²) < 4.78 is 5.24. The molecule has 4 nitrogen and oxygen atoms in total. The van der Waals surface area contributed by atoms with E-state index >= 15 is 0 Å². The van der Waals surface area contributed by atoms with Gasteiger partial charge in [-0.1, -0.05) is 30.3 Å². The number of esters is 1. The summed E-state index contributed by atoms with van der Waals surface area (Å²) in [6.07, 6.45) is 3.08. The molecule has 0 amide bonds. The predicted molar refractivity (Wildman–Crippen MR) is 85.1 cm³/mol. The molecule has 0 N–H and O–H groups in total. The molecule has 1 saturated heterocycles. The van der Waals surface area contributed by atoms with Crippen LogP contribution >= 0.6 is 0 Å². The summed E-state index contributed by atoms with van der Waals surface area (Å²) >= 11 is 0. The Labute approximate surface area is 129 Å². The average molecular weight is 294 g/mol. The number of carbonyl (C=O) groups excluding carboxylic acids is 1. The van der Waals surface area contributed by atoms with Crippen molar-refractivity contribution < 1.29 is 9.53 Å². The number of pyridine rings is 1. The first-order valence-electron chi connectivity index (χ1n) is 7.84. The normalized spacial score (nSPS) is 17.3. The van der Waals surface area contributed by atoms with Crippen molar-refractivity contribution in [3.05, 3.63) is 47.5 Å². The highest BCUT2D eigenvalue weighted by Crippen LogP contribution is 2.32. The third kappa shape index (κ3) is 2.25. The number of carbonyl (C=O) groups is 1. The molecule has 0 bridgehead atoms. The third-order valence-electron chi connectivity index (χ3n) is 4.37. The molecule has 0 unspecified atom stereocenters. The van der Waals surface area contributed by atoms with Crippen molar-refractivity contribution in [2.24, 2.45) is 0 Å². The van der Waals surface area contributed by atoms with E-state index in [-0.39, 0.29) is 5.97 Å². The van der Waals surface area contributed by atoms with Gasteiger partial charge in [0.25, 0.3) is 0 Å². The van der Waals surface area contributed by atoms with Crippen LogP contribution in [0.1, 0.15) is 28.8 Å². The van der Waals surface area contributed by atoms with Crippen LogP contribution in [0.25, 0.3) is 11.3 Å². The molecule has 2 aliphatic rings. The second-order valence-electron chi connectivity index (χ2n) is 5.81. The Morgan fingerprint density at radius 3 is 2.64 bits per heavy atom. The second-order valence-corrected chi connectivity index (χ2v) is 5.81. The Balaban J connectivity index is 1.88. The molecule has 1 fully saturated rings. The standard InChI is InChI=1S/C18H18N2O2/c21-18-16-14(8-11-22-18)12-15(13-6-2-1-3-7-13)19-17(16)20-9-4-5-10-20/h1-3,6-7,12H,4-5,8-11H2. The largest absolute Gasteiger partial charge is 0.462 e. The summed E-state index contributed by atoms with van der Waals surface area (Å²) in [5.74, 6) is 0.578. The van der Waals surface area contributed by atoms with Gasteiger partial charge in [-0.3, -0.25) is 0 Å². The van der Waals surface area contributed by atoms with Crippen molar-refractivity contribution in [3.63, 3.8) is 0 Å². The van der Waals surface area contributed by atoms with E-state index in [1.165, 1.54) is 0 Å². The number of hydrogen-bond donors (Lipinski definition) is 0. The first-order valence-corrected chi connectivity index (χ1v) is 7.84. The molecule has 0 spiro atoms. The van der Waals surface area contributed by atoms with Gasteiger partial charge in [0, 0.05) is 25.1 Å².